The quantitative estimate of drug-likeness (QED) is 0.0467. The number of phenolic OH excluding ortho intramolecular Hbond substituents is 2. The molecule has 9 rings (SSSR count). The number of amides is 9. The van der Waals surface area contributed by atoms with E-state index in [4.69, 9.17) is 23.2 Å². The van der Waals surface area contributed by atoms with E-state index in [-0.39, 0.29) is 107 Å². The van der Waals surface area contributed by atoms with Crippen molar-refractivity contribution in [3.63, 3.8) is 0 Å². The highest BCUT2D eigenvalue weighted by molar-refractivity contribution is 6.20. The van der Waals surface area contributed by atoms with Crippen molar-refractivity contribution < 1.29 is 53.4 Å². The number of phenols is 2. The first-order valence-electron chi connectivity index (χ1n) is 25.4. The number of rotatable bonds is 17. The van der Waals surface area contributed by atoms with Crippen LogP contribution in [0.3, 0.4) is 0 Å². The van der Waals surface area contributed by atoms with Gasteiger partial charge in [0.1, 0.15) is 28.6 Å². The van der Waals surface area contributed by atoms with Crippen molar-refractivity contribution in [1.82, 2.24) is 24.3 Å². The number of fused-ring (bicyclic) bond motifs is 6. The molecular weight excluding hydrogens is 1090 g/mol. The summed E-state index contributed by atoms with van der Waals surface area (Å²) in [5.74, 6) is -4.61. The molecular formula is C56H56Cl2N12O11. The molecule has 5 heterocycles. The van der Waals surface area contributed by atoms with Crippen LogP contribution in [-0.2, 0) is 49.9 Å². The third kappa shape index (κ3) is 11.8. The van der Waals surface area contributed by atoms with E-state index < -0.39 is 48.5 Å². The summed E-state index contributed by atoms with van der Waals surface area (Å²) in [7, 11) is 4.78. The molecule has 420 valence electrons. The zero-order valence-electron chi connectivity index (χ0n) is 44.5. The maximum atomic E-state index is 13.6. The van der Waals surface area contributed by atoms with Crippen LogP contribution in [0.25, 0.3) is 21.5 Å². The van der Waals surface area contributed by atoms with Crippen LogP contribution in [0.4, 0.5) is 39.8 Å². The lowest BCUT2D eigenvalue weighted by Gasteiger charge is -2.19. The van der Waals surface area contributed by atoms with Crippen molar-refractivity contribution >= 4 is 138 Å². The predicted molar refractivity (Wildman–Crippen MR) is 307 cm³/mol. The fourth-order valence-corrected chi connectivity index (χ4v) is 10.9. The van der Waals surface area contributed by atoms with Gasteiger partial charge in [-0.15, -0.1) is 23.2 Å². The molecule has 0 spiro atoms. The molecule has 0 saturated carbocycles. The largest absolute Gasteiger partial charge is 0.507 e. The first kappa shape index (κ1) is 56.4. The molecule has 0 saturated heterocycles. The maximum absolute atomic E-state index is 13.6. The molecule has 0 fully saturated rings. The van der Waals surface area contributed by atoms with Gasteiger partial charge in [-0.25, -0.2) is 0 Å². The van der Waals surface area contributed by atoms with E-state index in [2.05, 4.69) is 37.2 Å². The number of hydrogen-bond donors (Lipinski definition) is 9. The summed E-state index contributed by atoms with van der Waals surface area (Å²) in [4.78, 5) is 119. The van der Waals surface area contributed by atoms with E-state index in [1.54, 1.807) is 57.5 Å². The summed E-state index contributed by atoms with van der Waals surface area (Å²) in [5, 5.41) is 42.9. The van der Waals surface area contributed by atoms with E-state index in [9.17, 15) is 53.4 Å². The zero-order chi connectivity index (χ0) is 58.1. The van der Waals surface area contributed by atoms with Gasteiger partial charge in [-0.05, 0) is 64.4 Å². The van der Waals surface area contributed by atoms with Crippen LogP contribution in [0.5, 0.6) is 11.5 Å². The van der Waals surface area contributed by atoms with Gasteiger partial charge in [0.15, 0.2) is 0 Å². The number of nitrogens with one attached hydrogen (secondary N) is 7. The Balaban J connectivity index is 0.742. The molecule has 25 heteroatoms. The zero-order valence-corrected chi connectivity index (χ0v) is 46.0. The van der Waals surface area contributed by atoms with Gasteiger partial charge in [0.2, 0.25) is 35.4 Å². The molecule has 7 aromatic rings. The Morgan fingerprint density at radius 3 is 1.36 bits per heavy atom. The van der Waals surface area contributed by atoms with E-state index >= 15 is 0 Å². The van der Waals surface area contributed by atoms with Gasteiger partial charge in [0.25, 0.3) is 17.7 Å². The Morgan fingerprint density at radius 2 is 0.914 bits per heavy atom. The molecule has 2 unspecified atom stereocenters. The average molecular weight is 1140 g/mol. The van der Waals surface area contributed by atoms with Crippen LogP contribution in [0.2, 0.25) is 0 Å². The second-order valence-electron chi connectivity index (χ2n) is 19.8. The second-order valence-corrected chi connectivity index (χ2v) is 20.5. The van der Waals surface area contributed by atoms with Crippen LogP contribution in [0.15, 0.2) is 85.3 Å². The average Bonchev–Trinajstić information content (AvgIpc) is 4.47. The lowest BCUT2D eigenvalue weighted by molar-refractivity contribution is -0.124. The minimum absolute atomic E-state index is 0.0842. The fourth-order valence-electron chi connectivity index (χ4n) is 10.4. The van der Waals surface area contributed by atoms with Gasteiger partial charge in [-0.3, -0.25) is 43.2 Å². The Kier molecular flexibility index (Phi) is 16.1. The molecule has 0 bridgehead atoms. The van der Waals surface area contributed by atoms with Crippen LogP contribution < -0.4 is 47.0 Å². The number of aromatic nitrogens is 3. The lowest BCUT2D eigenvalue weighted by Crippen LogP contribution is -2.43. The van der Waals surface area contributed by atoms with E-state index in [1.165, 1.54) is 86.3 Å². The summed E-state index contributed by atoms with van der Waals surface area (Å²) in [6, 6.07) is 17.5. The van der Waals surface area contributed by atoms with E-state index in [0.717, 1.165) is 11.1 Å². The molecule has 81 heavy (non-hydrogen) atoms. The summed E-state index contributed by atoms with van der Waals surface area (Å²) in [6.45, 7) is 2.31. The summed E-state index contributed by atoms with van der Waals surface area (Å²) < 4.78 is 4.44. The molecule has 4 aromatic carbocycles. The number of halogens is 2. The van der Waals surface area contributed by atoms with E-state index in [0.29, 0.717) is 50.0 Å². The van der Waals surface area contributed by atoms with Gasteiger partial charge in [-0.1, -0.05) is 12.1 Å². The second kappa shape index (κ2) is 23.2. The van der Waals surface area contributed by atoms with Crippen molar-refractivity contribution in [3.05, 3.63) is 114 Å². The molecule has 0 radical (unpaired) electrons. The first-order chi connectivity index (χ1) is 38.6. The third-order valence-corrected chi connectivity index (χ3v) is 14.8. The van der Waals surface area contributed by atoms with Crippen LogP contribution in [0.1, 0.15) is 81.1 Å². The number of carbonyl (C=O) groups is 9. The molecule has 2 aliphatic rings. The fraction of sp³-hybridized carbons (Fsp3) is 0.268. The van der Waals surface area contributed by atoms with Gasteiger partial charge in [0, 0.05) is 137 Å². The summed E-state index contributed by atoms with van der Waals surface area (Å²) in [5.41, 5.74) is 4.71. The molecule has 2 aliphatic heterocycles. The van der Waals surface area contributed by atoms with Gasteiger partial charge >= 0.3 is 0 Å². The minimum atomic E-state index is -0.654. The highest BCUT2D eigenvalue weighted by atomic mass is 35.5. The number of hydrogen-bond acceptors (Lipinski definition) is 11. The Morgan fingerprint density at radius 1 is 0.481 bits per heavy atom. The van der Waals surface area contributed by atoms with Crippen molar-refractivity contribution in [2.75, 3.05) is 74.3 Å². The number of anilines is 7. The number of benzene rings is 4. The van der Waals surface area contributed by atoms with Crippen molar-refractivity contribution in [2.24, 2.45) is 21.1 Å². The predicted octanol–water partition coefficient (Wildman–Crippen LogP) is 6.14. The van der Waals surface area contributed by atoms with Gasteiger partial charge in [0.05, 0.1) is 41.5 Å². The first-order valence-corrected chi connectivity index (χ1v) is 26.5. The number of carbonyl (C=O) groups excluding carboxylic acids is 9. The summed E-state index contributed by atoms with van der Waals surface area (Å²) in [6.07, 6.45) is 4.21. The topological polar surface area (TPSA) is 300 Å². The van der Waals surface area contributed by atoms with Crippen molar-refractivity contribution in [1.29, 1.82) is 0 Å². The Bertz CT molecular complexity index is 3790. The third-order valence-electron chi connectivity index (χ3n) is 14.0. The maximum Gasteiger partial charge on any atom is 0.272 e. The van der Waals surface area contributed by atoms with E-state index in [1.807, 2.05) is 0 Å². The molecule has 3 aromatic heterocycles. The minimum Gasteiger partial charge on any atom is -0.507 e. The number of aryl methyl sites for hydroxylation is 3. The molecule has 2 atom stereocenters. The summed E-state index contributed by atoms with van der Waals surface area (Å²) >= 11 is 12.7. The van der Waals surface area contributed by atoms with Crippen molar-refractivity contribution in [2.45, 2.75) is 38.5 Å². The highest BCUT2D eigenvalue weighted by Crippen LogP contribution is 2.47. The monoisotopic (exact) mass is 1140 g/mol. The van der Waals surface area contributed by atoms with Crippen molar-refractivity contribution in [3.8, 4) is 11.5 Å². The van der Waals surface area contributed by atoms with Crippen LogP contribution in [0, 0.1) is 0 Å². The SMILES string of the molecule is CC(=O)Nc1ccc2c3c(cc(O)c2c1)N(C(=O)CCC(=O)Nc1cc(C(=O)Nc2cc(C(=O)Nc4cc(C(=O)NCC(=O)NCC(=O)N5CC(CCl)c6c5cc(O)c5cc(NC(C)=O)ccc65)n(C)c4)n(C)c2)n(C)c1)CC3CCl. The standard InChI is InChI=1S/C56H56Cl2N12O11/c1-28(71)61-32-6-8-37-39(12-32)46(73)17-41-52(37)30(19-57)23-69(41)50(77)11-10-48(75)63-34-14-44(67(4)25-34)55(80)65-36-16-45(68(5)27-36)56(81)64-35-15-43(66(3)26-35)54(79)60-21-49(76)59-22-51(78)70-24-31(20-58)53-38-9-7-33(62-29(2)72)13-40(38)47(74)18-42(53)70/h6-9,12-18,25-27,30-31,73-74H,10-11,19-24H2,1-5H3,(H,59,76)(H,60,79)(H,61,71)(H,62,72)(H,63,75)(H,64,81)(H,65,80). The number of nitrogens with zero attached hydrogens (tertiary/aromatic N) is 5. The normalized spacial score (nSPS) is 14.3. The van der Waals surface area contributed by atoms with Crippen LogP contribution in [-0.4, -0.2) is 115 Å². The molecule has 9 N–H and O–H groups in total. The smallest absolute Gasteiger partial charge is 0.272 e. The molecule has 9 amide bonds. The Hall–Kier alpha value is -9.35. The molecule has 0 aliphatic carbocycles. The van der Waals surface area contributed by atoms with Crippen LogP contribution >= 0.6 is 23.2 Å². The number of alkyl halides is 2. The van der Waals surface area contributed by atoms with Gasteiger partial charge in [-0.2, -0.15) is 0 Å². The lowest BCUT2D eigenvalue weighted by atomic mass is 9.95. The highest BCUT2D eigenvalue weighted by Gasteiger charge is 2.36. The molecule has 23 nitrogen and oxygen atoms in total. The Labute approximate surface area is 472 Å². The number of aromatic hydroxyl groups is 2. The van der Waals surface area contributed by atoms with Gasteiger partial charge < -0.3 is 70.9 Å².